The quantitative estimate of drug-likeness (QED) is 0.842. The predicted octanol–water partition coefficient (Wildman–Crippen LogP) is 2.66. The first-order valence-electron chi connectivity index (χ1n) is 6.79. The molecule has 1 aliphatic carbocycles. The highest BCUT2D eigenvalue weighted by Gasteiger charge is 2.26. The summed E-state index contributed by atoms with van der Waals surface area (Å²) < 4.78 is 24.6. The van der Waals surface area contributed by atoms with Crippen LogP contribution in [-0.2, 0) is 16.0 Å². The molecule has 1 atom stereocenters. The smallest absolute Gasteiger partial charge is 0.133 e. The molecule has 1 saturated carbocycles. The first-order valence-corrected chi connectivity index (χ1v) is 6.79. The minimum Gasteiger partial charge on any atom is -0.487 e. The topological polar surface area (TPSA) is 35.5 Å². The average Bonchev–Trinajstić information content (AvgIpc) is 2.80. The third kappa shape index (κ3) is 2.95. The van der Waals surface area contributed by atoms with Crippen molar-refractivity contribution in [3.05, 3.63) is 29.6 Å². The summed E-state index contributed by atoms with van der Waals surface area (Å²) in [4.78, 5) is 11.1. The van der Waals surface area contributed by atoms with Crippen LogP contribution < -0.4 is 4.74 Å². The molecule has 1 aromatic rings. The van der Waals surface area contributed by atoms with E-state index in [0.29, 0.717) is 31.7 Å². The Labute approximate surface area is 111 Å². The molecule has 0 spiro atoms. The molecule has 0 saturated heterocycles. The van der Waals surface area contributed by atoms with Gasteiger partial charge in [0, 0.05) is 24.8 Å². The number of ketones is 1. The molecule has 3 nitrogen and oxygen atoms in total. The first kappa shape index (κ1) is 12.6. The van der Waals surface area contributed by atoms with Crippen molar-refractivity contribution in [3.8, 4) is 5.75 Å². The lowest BCUT2D eigenvalue weighted by Gasteiger charge is -2.23. The zero-order valence-electron chi connectivity index (χ0n) is 10.7. The lowest BCUT2D eigenvalue weighted by atomic mass is 9.96. The summed E-state index contributed by atoms with van der Waals surface area (Å²) in [5.41, 5.74) is 0.910. The number of fused-ring (bicyclic) bond motifs is 1. The maximum atomic E-state index is 13.1. The maximum Gasteiger partial charge on any atom is 0.133 e. The Morgan fingerprint density at radius 3 is 2.89 bits per heavy atom. The molecule has 2 aliphatic rings. The highest BCUT2D eigenvalue weighted by molar-refractivity contribution is 5.79. The third-order valence-electron chi connectivity index (χ3n) is 3.77. The van der Waals surface area contributed by atoms with Gasteiger partial charge in [-0.15, -0.1) is 0 Å². The minimum atomic E-state index is -0.227. The van der Waals surface area contributed by atoms with Gasteiger partial charge in [0.05, 0.1) is 12.7 Å². The molecule has 0 N–H and O–H groups in total. The molecule has 4 heteroatoms. The van der Waals surface area contributed by atoms with E-state index in [1.807, 2.05) is 0 Å². The van der Waals surface area contributed by atoms with Gasteiger partial charge < -0.3 is 9.47 Å². The summed E-state index contributed by atoms with van der Waals surface area (Å²) in [5, 5.41) is 0. The molecule has 1 aromatic carbocycles. The molecular formula is C15H17FO3. The first-order chi connectivity index (χ1) is 9.20. The molecule has 1 fully saturated rings. The van der Waals surface area contributed by atoms with Gasteiger partial charge in [-0.2, -0.15) is 0 Å². The van der Waals surface area contributed by atoms with Gasteiger partial charge in [-0.1, -0.05) is 0 Å². The van der Waals surface area contributed by atoms with Crippen LogP contribution in [0.3, 0.4) is 0 Å². The zero-order valence-corrected chi connectivity index (χ0v) is 10.7. The largest absolute Gasteiger partial charge is 0.487 e. The SMILES string of the molecule is O=C1CCC(OCC2Cc3cc(F)ccc3O2)CC1. The number of hydrogen-bond acceptors (Lipinski definition) is 3. The number of Topliss-reactive ketones (excluding diaryl/α,β-unsaturated/α-hetero) is 1. The number of ether oxygens (including phenoxy) is 2. The van der Waals surface area contributed by atoms with E-state index in [0.717, 1.165) is 24.2 Å². The van der Waals surface area contributed by atoms with Crippen LogP contribution in [0.4, 0.5) is 4.39 Å². The second-order valence-electron chi connectivity index (χ2n) is 5.27. The Morgan fingerprint density at radius 2 is 2.11 bits per heavy atom. The standard InChI is InChI=1S/C15H17FO3/c16-11-1-6-15-10(7-11)8-14(19-15)9-18-13-4-2-12(17)3-5-13/h1,6-7,13-14H,2-5,8-9H2. The van der Waals surface area contributed by atoms with E-state index in [1.165, 1.54) is 12.1 Å². The average molecular weight is 264 g/mol. The number of halogens is 1. The van der Waals surface area contributed by atoms with Crippen LogP contribution in [-0.4, -0.2) is 24.6 Å². The van der Waals surface area contributed by atoms with Crippen LogP contribution >= 0.6 is 0 Å². The molecular weight excluding hydrogens is 247 g/mol. The van der Waals surface area contributed by atoms with Crippen LogP contribution in [0.2, 0.25) is 0 Å². The Hall–Kier alpha value is -1.42. The molecule has 19 heavy (non-hydrogen) atoms. The number of hydrogen-bond donors (Lipinski definition) is 0. The van der Waals surface area contributed by atoms with E-state index < -0.39 is 0 Å². The van der Waals surface area contributed by atoms with Crippen molar-refractivity contribution in [2.24, 2.45) is 0 Å². The van der Waals surface area contributed by atoms with Crippen LogP contribution in [0.5, 0.6) is 5.75 Å². The van der Waals surface area contributed by atoms with Gasteiger partial charge in [0.1, 0.15) is 23.5 Å². The fraction of sp³-hybridized carbons (Fsp3) is 0.533. The van der Waals surface area contributed by atoms with Gasteiger partial charge in [-0.3, -0.25) is 4.79 Å². The molecule has 1 aliphatic heterocycles. The normalized spacial score (nSPS) is 23.2. The highest BCUT2D eigenvalue weighted by Crippen LogP contribution is 2.30. The Balaban J connectivity index is 1.49. The van der Waals surface area contributed by atoms with E-state index in [4.69, 9.17) is 9.47 Å². The van der Waals surface area contributed by atoms with Crippen molar-refractivity contribution in [1.29, 1.82) is 0 Å². The van der Waals surface area contributed by atoms with Gasteiger partial charge in [0.15, 0.2) is 0 Å². The molecule has 102 valence electrons. The van der Waals surface area contributed by atoms with Crippen molar-refractivity contribution >= 4 is 5.78 Å². The second kappa shape index (κ2) is 5.29. The Kier molecular flexibility index (Phi) is 3.51. The van der Waals surface area contributed by atoms with Crippen molar-refractivity contribution in [2.75, 3.05) is 6.61 Å². The van der Waals surface area contributed by atoms with Gasteiger partial charge in [0.25, 0.3) is 0 Å². The number of benzene rings is 1. The van der Waals surface area contributed by atoms with Crippen LogP contribution in [0.25, 0.3) is 0 Å². The van der Waals surface area contributed by atoms with Crippen molar-refractivity contribution < 1.29 is 18.7 Å². The van der Waals surface area contributed by atoms with E-state index in [-0.39, 0.29) is 18.0 Å². The van der Waals surface area contributed by atoms with Crippen molar-refractivity contribution in [2.45, 2.75) is 44.3 Å². The Morgan fingerprint density at radius 1 is 1.32 bits per heavy atom. The summed E-state index contributed by atoms with van der Waals surface area (Å²) in [6, 6.07) is 4.60. The second-order valence-corrected chi connectivity index (χ2v) is 5.27. The fourth-order valence-corrected chi connectivity index (χ4v) is 2.71. The number of carbonyl (C=O) groups is 1. The van der Waals surface area contributed by atoms with Gasteiger partial charge >= 0.3 is 0 Å². The van der Waals surface area contributed by atoms with Crippen molar-refractivity contribution in [3.63, 3.8) is 0 Å². The molecule has 0 amide bonds. The van der Waals surface area contributed by atoms with Gasteiger partial charge in [-0.05, 0) is 31.0 Å². The van der Waals surface area contributed by atoms with Crippen LogP contribution in [0.1, 0.15) is 31.2 Å². The summed E-state index contributed by atoms with van der Waals surface area (Å²) >= 11 is 0. The summed E-state index contributed by atoms with van der Waals surface area (Å²) in [6.45, 7) is 0.509. The monoisotopic (exact) mass is 264 g/mol. The lowest BCUT2D eigenvalue weighted by molar-refractivity contribution is -0.123. The fourth-order valence-electron chi connectivity index (χ4n) is 2.71. The highest BCUT2D eigenvalue weighted by atomic mass is 19.1. The van der Waals surface area contributed by atoms with E-state index in [1.54, 1.807) is 6.07 Å². The molecule has 0 radical (unpaired) electrons. The van der Waals surface area contributed by atoms with Gasteiger partial charge in [-0.25, -0.2) is 4.39 Å². The maximum absolute atomic E-state index is 13.1. The molecule has 0 bridgehead atoms. The Bertz CT molecular complexity index is 476. The zero-order chi connectivity index (χ0) is 13.2. The van der Waals surface area contributed by atoms with E-state index in [2.05, 4.69) is 0 Å². The third-order valence-corrected chi connectivity index (χ3v) is 3.77. The number of carbonyl (C=O) groups excluding carboxylic acids is 1. The molecule has 1 heterocycles. The van der Waals surface area contributed by atoms with Crippen molar-refractivity contribution in [1.82, 2.24) is 0 Å². The summed E-state index contributed by atoms with van der Waals surface area (Å²) in [5.74, 6) is 0.864. The van der Waals surface area contributed by atoms with Gasteiger partial charge in [0.2, 0.25) is 0 Å². The summed E-state index contributed by atoms with van der Waals surface area (Å²) in [7, 11) is 0. The van der Waals surface area contributed by atoms with E-state index >= 15 is 0 Å². The molecule has 0 aromatic heterocycles. The summed E-state index contributed by atoms with van der Waals surface area (Å²) in [6.07, 6.45) is 3.71. The molecule has 3 rings (SSSR count). The number of rotatable bonds is 3. The lowest BCUT2D eigenvalue weighted by Crippen LogP contribution is -2.28. The van der Waals surface area contributed by atoms with E-state index in [9.17, 15) is 9.18 Å². The van der Waals surface area contributed by atoms with Crippen LogP contribution in [0.15, 0.2) is 18.2 Å². The predicted molar refractivity (Wildman–Crippen MR) is 67.7 cm³/mol. The van der Waals surface area contributed by atoms with Crippen LogP contribution in [0, 0.1) is 5.82 Å². The molecule has 1 unspecified atom stereocenters. The minimum absolute atomic E-state index is 0.0329.